The maximum atomic E-state index is 11.5. The predicted molar refractivity (Wildman–Crippen MR) is 79.7 cm³/mol. The molecular formula is C17H19NO2. The summed E-state index contributed by atoms with van der Waals surface area (Å²) in [5, 5.41) is 2.64. The molecule has 1 amide bonds. The van der Waals surface area contributed by atoms with Crippen LogP contribution in [-0.2, 0) is 17.8 Å². The van der Waals surface area contributed by atoms with Crippen molar-refractivity contribution in [2.45, 2.75) is 20.0 Å². The minimum atomic E-state index is 0.00721. The summed E-state index contributed by atoms with van der Waals surface area (Å²) in [6.45, 7) is 2.51. The van der Waals surface area contributed by atoms with Crippen LogP contribution in [0, 0.1) is 6.92 Å². The standard InChI is InChI=1S/C17H19NO2/c1-13-7-9-16(10-8-13)20-12-15-6-4-3-5-14(15)11-17(19)18-2/h3-10H,11-12H2,1-2H3,(H,18,19). The molecule has 104 valence electrons. The first-order valence-electron chi connectivity index (χ1n) is 6.66. The van der Waals surface area contributed by atoms with Crippen molar-refractivity contribution in [1.82, 2.24) is 5.32 Å². The molecule has 2 aromatic carbocycles. The average Bonchev–Trinajstić information content (AvgIpc) is 2.48. The summed E-state index contributed by atoms with van der Waals surface area (Å²) >= 11 is 0. The molecular weight excluding hydrogens is 250 g/mol. The van der Waals surface area contributed by atoms with Crippen molar-refractivity contribution in [3.63, 3.8) is 0 Å². The van der Waals surface area contributed by atoms with E-state index in [0.29, 0.717) is 13.0 Å². The lowest BCUT2D eigenvalue weighted by atomic mass is 10.0. The quantitative estimate of drug-likeness (QED) is 0.906. The molecule has 0 aliphatic rings. The zero-order valence-corrected chi connectivity index (χ0v) is 11.8. The molecule has 0 aromatic heterocycles. The van der Waals surface area contributed by atoms with Gasteiger partial charge in [0.25, 0.3) is 0 Å². The highest BCUT2D eigenvalue weighted by molar-refractivity contribution is 5.78. The molecule has 0 aliphatic carbocycles. The maximum Gasteiger partial charge on any atom is 0.224 e. The Morgan fingerprint density at radius 2 is 1.70 bits per heavy atom. The van der Waals surface area contributed by atoms with Gasteiger partial charge in [-0.1, -0.05) is 42.0 Å². The predicted octanol–water partition coefficient (Wildman–Crippen LogP) is 2.86. The first kappa shape index (κ1) is 14.1. The first-order chi connectivity index (χ1) is 9.69. The van der Waals surface area contributed by atoms with E-state index in [1.165, 1.54) is 5.56 Å². The summed E-state index contributed by atoms with van der Waals surface area (Å²) in [5.41, 5.74) is 3.24. The Morgan fingerprint density at radius 3 is 2.35 bits per heavy atom. The Labute approximate surface area is 119 Å². The lowest BCUT2D eigenvalue weighted by Gasteiger charge is -2.11. The van der Waals surface area contributed by atoms with Gasteiger partial charge in [0.2, 0.25) is 5.91 Å². The van der Waals surface area contributed by atoms with E-state index < -0.39 is 0 Å². The van der Waals surface area contributed by atoms with Gasteiger partial charge in [-0.15, -0.1) is 0 Å². The molecule has 3 nitrogen and oxygen atoms in total. The fraction of sp³-hybridized carbons (Fsp3) is 0.235. The molecule has 20 heavy (non-hydrogen) atoms. The monoisotopic (exact) mass is 269 g/mol. The number of nitrogens with one attached hydrogen (secondary N) is 1. The number of hydrogen-bond donors (Lipinski definition) is 1. The van der Waals surface area contributed by atoms with Crippen LogP contribution in [0.3, 0.4) is 0 Å². The molecule has 0 atom stereocenters. The molecule has 0 spiro atoms. The Bertz CT molecular complexity index is 576. The second kappa shape index (κ2) is 6.75. The van der Waals surface area contributed by atoms with Crippen molar-refractivity contribution in [2.24, 2.45) is 0 Å². The van der Waals surface area contributed by atoms with Crippen molar-refractivity contribution in [3.8, 4) is 5.75 Å². The smallest absolute Gasteiger partial charge is 0.224 e. The highest BCUT2D eigenvalue weighted by atomic mass is 16.5. The molecule has 0 aliphatic heterocycles. The molecule has 1 N–H and O–H groups in total. The van der Waals surface area contributed by atoms with Crippen LogP contribution < -0.4 is 10.1 Å². The highest BCUT2D eigenvalue weighted by Gasteiger charge is 2.06. The third kappa shape index (κ3) is 3.85. The molecule has 0 unspecified atom stereocenters. The third-order valence-electron chi connectivity index (χ3n) is 3.16. The van der Waals surface area contributed by atoms with Gasteiger partial charge in [0.05, 0.1) is 6.42 Å². The Hall–Kier alpha value is -2.29. The van der Waals surface area contributed by atoms with Crippen molar-refractivity contribution in [3.05, 3.63) is 65.2 Å². The van der Waals surface area contributed by atoms with Crippen LogP contribution in [0.5, 0.6) is 5.75 Å². The van der Waals surface area contributed by atoms with Gasteiger partial charge in [-0.25, -0.2) is 0 Å². The molecule has 0 radical (unpaired) electrons. The number of benzene rings is 2. The van der Waals surface area contributed by atoms with E-state index in [9.17, 15) is 4.79 Å². The van der Waals surface area contributed by atoms with Crippen LogP contribution >= 0.6 is 0 Å². The van der Waals surface area contributed by atoms with Gasteiger partial charge in [-0.05, 0) is 30.2 Å². The zero-order chi connectivity index (χ0) is 14.4. The molecule has 3 heteroatoms. The van der Waals surface area contributed by atoms with E-state index in [2.05, 4.69) is 5.32 Å². The van der Waals surface area contributed by atoms with Crippen LogP contribution in [0.2, 0.25) is 0 Å². The summed E-state index contributed by atoms with van der Waals surface area (Å²) < 4.78 is 5.77. The minimum Gasteiger partial charge on any atom is -0.489 e. The van der Waals surface area contributed by atoms with Crippen molar-refractivity contribution in [1.29, 1.82) is 0 Å². The van der Waals surface area contributed by atoms with Crippen LogP contribution in [0.4, 0.5) is 0 Å². The number of carbonyl (C=O) groups excluding carboxylic acids is 1. The minimum absolute atomic E-state index is 0.00721. The number of carbonyl (C=O) groups is 1. The fourth-order valence-electron chi connectivity index (χ4n) is 1.93. The van der Waals surface area contributed by atoms with Gasteiger partial charge < -0.3 is 10.1 Å². The van der Waals surface area contributed by atoms with E-state index in [1.54, 1.807) is 7.05 Å². The van der Waals surface area contributed by atoms with Gasteiger partial charge >= 0.3 is 0 Å². The van der Waals surface area contributed by atoms with Crippen LogP contribution in [0.15, 0.2) is 48.5 Å². The summed E-state index contributed by atoms with van der Waals surface area (Å²) in [4.78, 5) is 11.5. The first-order valence-corrected chi connectivity index (χ1v) is 6.66. The topological polar surface area (TPSA) is 38.3 Å². The third-order valence-corrected chi connectivity index (χ3v) is 3.16. The Morgan fingerprint density at radius 1 is 1.05 bits per heavy atom. The summed E-state index contributed by atoms with van der Waals surface area (Å²) in [7, 11) is 1.65. The van der Waals surface area contributed by atoms with Gasteiger partial charge in [-0.3, -0.25) is 4.79 Å². The fourth-order valence-corrected chi connectivity index (χ4v) is 1.93. The Kier molecular flexibility index (Phi) is 4.77. The largest absolute Gasteiger partial charge is 0.489 e. The Balaban J connectivity index is 2.05. The van der Waals surface area contributed by atoms with Crippen molar-refractivity contribution >= 4 is 5.91 Å². The lowest BCUT2D eigenvalue weighted by molar-refractivity contribution is -0.119. The summed E-state index contributed by atoms with van der Waals surface area (Å²) in [6.07, 6.45) is 0.379. The molecule has 0 saturated carbocycles. The van der Waals surface area contributed by atoms with E-state index in [0.717, 1.165) is 16.9 Å². The van der Waals surface area contributed by atoms with Gasteiger partial charge in [0.1, 0.15) is 12.4 Å². The second-order valence-electron chi connectivity index (χ2n) is 4.72. The van der Waals surface area contributed by atoms with Crippen LogP contribution in [-0.4, -0.2) is 13.0 Å². The van der Waals surface area contributed by atoms with Crippen molar-refractivity contribution in [2.75, 3.05) is 7.05 Å². The number of likely N-dealkylation sites (N-methyl/N-ethyl adjacent to an activating group) is 1. The summed E-state index contributed by atoms with van der Waals surface area (Å²) in [6, 6.07) is 15.8. The molecule has 0 bridgehead atoms. The van der Waals surface area contributed by atoms with E-state index >= 15 is 0 Å². The molecule has 0 heterocycles. The van der Waals surface area contributed by atoms with E-state index in [-0.39, 0.29) is 5.91 Å². The average molecular weight is 269 g/mol. The number of amides is 1. The van der Waals surface area contributed by atoms with Gasteiger partial charge in [-0.2, -0.15) is 0 Å². The highest BCUT2D eigenvalue weighted by Crippen LogP contribution is 2.16. The van der Waals surface area contributed by atoms with Crippen molar-refractivity contribution < 1.29 is 9.53 Å². The zero-order valence-electron chi connectivity index (χ0n) is 11.8. The van der Waals surface area contributed by atoms with Crippen LogP contribution in [0.1, 0.15) is 16.7 Å². The second-order valence-corrected chi connectivity index (χ2v) is 4.72. The number of hydrogen-bond acceptors (Lipinski definition) is 2. The number of rotatable bonds is 5. The van der Waals surface area contributed by atoms with Gasteiger partial charge in [0.15, 0.2) is 0 Å². The maximum absolute atomic E-state index is 11.5. The van der Waals surface area contributed by atoms with E-state index in [1.807, 2.05) is 55.5 Å². The lowest BCUT2D eigenvalue weighted by Crippen LogP contribution is -2.20. The summed E-state index contributed by atoms with van der Waals surface area (Å²) in [5.74, 6) is 0.845. The normalized spacial score (nSPS) is 10.1. The molecule has 2 aromatic rings. The number of ether oxygens (including phenoxy) is 1. The molecule has 0 fully saturated rings. The molecule has 0 saturated heterocycles. The SMILES string of the molecule is CNC(=O)Cc1ccccc1COc1ccc(C)cc1. The molecule has 2 rings (SSSR count). The van der Waals surface area contributed by atoms with E-state index in [4.69, 9.17) is 4.74 Å². The number of aryl methyl sites for hydroxylation is 1. The van der Waals surface area contributed by atoms with Crippen LogP contribution in [0.25, 0.3) is 0 Å². The van der Waals surface area contributed by atoms with Gasteiger partial charge in [0, 0.05) is 7.05 Å².